The third-order valence-electron chi connectivity index (χ3n) is 4.80. The van der Waals surface area contributed by atoms with Crippen molar-refractivity contribution in [3.8, 4) is 28.3 Å². The minimum atomic E-state index is 0.00915. The van der Waals surface area contributed by atoms with Crippen molar-refractivity contribution in [2.24, 2.45) is 0 Å². The second kappa shape index (κ2) is 6.65. The fourth-order valence-electron chi connectivity index (χ4n) is 3.49. The third-order valence-corrected chi connectivity index (χ3v) is 4.80. The molecule has 1 aromatic carbocycles. The Balaban J connectivity index is 1.77. The van der Waals surface area contributed by atoms with Gasteiger partial charge in [0.15, 0.2) is 0 Å². The number of nitrogens with zero attached hydrogens (tertiary/aromatic N) is 2. The van der Waals surface area contributed by atoms with Gasteiger partial charge in [-0.2, -0.15) is 0 Å². The standard InChI is InChI=1S/C21H20N2O2/c1-25-16-8-6-15(7-9-16)19-12-23-21(18-4-2-3-17(18)19)20-10-5-14(13-24)11-22-20/h5-12,24H,2-4,13H2,1H3. The number of pyridine rings is 2. The smallest absolute Gasteiger partial charge is 0.118 e. The van der Waals surface area contributed by atoms with Crippen molar-refractivity contribution in [2.75, 3.05) is 7.11 Å². The summed E-state index contributed by atoms with van der Waals surface area (Å²) in [6.45, 7) is 0.00915. The summed E-state index contributed by atoms with van der Waals surface area (Å²) in [5.74, 6) is 0.859. The molecule has 4 rings (SSSR count). The summed E-state index contributed by atoms with van der Waals surface area (Å²) >= 11 is 0. The SMILES string of the molecule is COc1ccc(-c2cnc(-c3ccc(CO)cn3)c3c2CCC3)cc1. The van der Waals surface area contributed by atoms with Gasteiger partial charge in [-0.05, 0) is 59.7 Å². The Bertz CT molecular complexity index is 813. The lowest BCUT2D eigenvalue weighted by Gasteiger charge is -2.13. The third kappa shape index (κ3) is 2.89. The van der Waals surface area contributed by atoms with Crippen LogP contribution in [0.15, 0.2) is 48.8 Å². The van der Waals surface area contributed by atoms with Crippen LogP contribution in [-0.4, -0.2) is 22.2 Å². The molecule has 0 fully saturated rings. The molecule has 1 aliphatic rings. The van der Waals surface area contributed by atoms with Gasteiger partial charge < -0.3 is 9.84 Å². The molecule has 0 saturated heterocycles. The first-order valence-electron chi connectivity index (χ1n) is 8.51. The molecular formula is C21H20N2O2. The molecule has 25 heavy (non-hydrogen) atoms. The van der Waals surface area contributed by atoms with Crippen LogP contribution in [0.4, 0.5) is 0 Å². The fraction of sp³-hybridized carbons (Fsp3) is 0.238. The van der Waals surface area contributed by atoms with Gasteiger partial charge in [0.2, 0.25) is 0 Å². The van der Waals surface area contributed by atoms with E-state index in [0.29, 0.717) is 0 Å². The molecule has 1 aliphatic carbocycles. The Hall–Kier alpha value is -2.72. The van der Waals surface area contributed by atoms with E-state index >= 15 is 0 Å². The molecule has 0 atom stereocenters. The number of aliphatic hydroxyl groups is 1. The van der Waals surface area contributed by atoms with E-state index in [1.54, 1.807) is 13.3 Å². The van der Waals surface area contributed by atoms with Gasteiger partial charge in [-0.25, -0.2) is 0 Å². The molecule has 2 aromatic heterocycles. The first-order chi connectivity index (χ1) is 12.3. The second-order valence-electron chi connectivity index (χ2n) is 6.27. The molecule has 126 valence electrons. The van der Waals surface area contributed by atoms with E-state index in [0.717, 1.165) is 42.0 Å². The number of fused-ring (bicyclic) bond motifs is 1. The molecule has 0 radical (unpaired) electrons. The molecule has 3 aromatic rings. The zero-order valence-electron chi connectivity index (χ0n) is 14.2. The summed E-state index contributed by atoms with van der Waals surface area (Å²) in [6, 6.07) is 12.0. The van der Waals surface area contributed by atoms with Gasteiger partial charge in [0.1, 0.15) is 5.75 Å². The van der Waals surface area contributed by atoms with Crippen LogP contribution in [0.1, 0.15) is 23.1 Å². The molecule has 0 spiro atoms. The molecule has 2 heterocycles. The Morgan fingerprint density at radius 1 is 0.960 bits per heavy atom. The molecule has 0 aliphatic heterocycles. The zero-order chi connectivity index (χ0) is 17.2. The van der Waals surface area contributed by atoms with Crippen molar-refractivity contribution in [3.05, 3.63) is 65.5 Å². The van der Waals surface area contributed by atoms with E-state index in [9.17, 15) is 5.11 Å². The highest BCUT2D eigenvalue weighted by Crippen LogP contribution is 2.37. The Labute approximate surface area is 147 Å². The van der Waals surface area contributed by atoms with Gasteiger partial charge in [-0.3, -0.25) is 9.97 Å². The monoisotopic (exact) mass is 332 g/mol. The summed E-state index contributed by atoms with van der Waals surface area (Å²) in [6.07, 6.45) is 6.93. The van der Waals surface area contributed by atoms with Crippen LogP contribution in [0.25, 0.3) is 22.5 Å². The quantitative estimate of drug-likeness (QED) is 0.789. The predicted molar refractivity (Wildman–Crippen MR) is 97.4 cm³/mol. The summed E-state index contributed by atoms with van der Waals surface area (Å²) in [7, 11) is 1.68. The maximum absolute atomic E-state index is 9.19. The summed E-state index contributed by atoms with van der Waals surface area (Å²) in [5, 5.41) is 9.19. The van der Waals surface area contributed by atoms with Gasteiger partial charge in [-0.1, -0.05) is 18.2 Å². The normalized spacial score (nSPS) is 12.9. The largest absolute Gasteiger partial charge is 0.497 e. The van der Waals surface area contributed by atoms with Gasteiger partial charge in [0.05, 0.1) is 25.1 Å². The van der Waals surface area contributed by atoms with Crippen molar-refractivity contribution < 1.29 is 9.84 Å². The van der Waals surface area contributed by atoms with Crippen LogP contribution >= 0.6 is 0 Å². The highest BCUT2D eigenvalue weighted by molar-refractivity contribution is 5.74. The van der Waals surface area contributed by atoms with Crippen molar-refractivity contribution >= 4 is 0 Å². The van der Waals surface area contributed by atoms with Crippen LogP contribution in [0.5, 0.6) is 5.75 Å². The van der Waals surface area contributed by atoms with E-state index in [1.807, 2.05) is 30.5 Å². The number of rotatable bonds is 4. The van der Waals surface area contributed by atoms with E-state index in [-0.39, 0.29) is 6.61 Å². The molecule has 0 unspecified atom stereocenters. The first-order valence-corrected chi connectivity index (χ1v) is 8.51. The topological polar surface area (TPSA) is 55.2 Å². The number of aliphatic hydroxyl groups excluding tert-OH is 1. The molecule has 4 nitrogen and oxygen atoms in total. The number of aromatic nitrogens is 2. The van der Waals surface area contributed by atoms with Crippen LogP contribution in [0.3, 0.4) is 0 Å². The molecule has 1 N–H and O–H groups in total. The summed E-state index contributed by atoms with van der Waals surface area (Å²) < 4.78 is 5.25. The number of methoxy groups -OCH3 is 1. The van der Waals surface area contributed by atoms with Crippen LogP contribution in [0.2, 0.25) is 0 Å². The summed E-state index contributed by atoms with van der Waals surface area (Å²) in [5.41, 5.74) is 7.70. The molecule has 4 heteroatoms. The van der Waals surface area contributed by atoms with E-state index in [2.05, 4.69) is 17.1 Å². The van der Waals surface area contributed by atoms with Crippen LogP contribution in [0, 0.1) is 0 Å². The van der Waals surface area contributed by atoms with E-state index < -0.39 is 0 Å². The maximum Gasteiger partial charge on any atom is 0.118 e. The first kappa shape index (κ1) is 15.8. The summed E-state index contributed by atoms with van der Waals surface area (Å²) in [4.78, 5) is 9.22. The molecule has 0 bridgehead atoms. The van der Waals surface area contributed by atoms with Crippen LogP contribution < -0.4 is 4.74 Å². The molecule has 0 saturated carbocycles. The number of ether oxygens (including phenoxy) is 1. The van der Waals surface area contributed by atoms with Crippen LogP contribution in [-0.2, 0) is 19.4 Å². The van der Waals surface area contributed by atoms with Crippen molar-refractivity contribution in [2.45, 2.75) is 25.9 Å². The highest BCUT2D eigenvalue weighted by atomic mass is 16.5. The van der Waals surface area contributed by atoms with E-state index in [1.165, 1.54) is 22.3 Å². The minimum Gasteiger partial charge on any atom is -0.497 e. The predicted octanol–water partition coefficient (Wildman–Crippen LogP) is 3.80. The average molecular weight is 332 g/mol. The van der Waals surface area contributed by atoms with Gasteiger partial charge in [0.25, 0.3) is 0 Å². The molecular weight excluding hydrogens is 312 g/mol. The van der Waals surface area contributed by atoms with Crippen molar-refractivity contribution in [1.82, 2.24) is 9.97 Å². The van der Waals surface area contributed by atoms with Crippen molar-refractivity contribution in [1.29, 1.82) is 0 Å². The zero-order valence-corrected chi connectivity index (χ0v) is 14.2. The maximum atomic E-state index is 9.19. The lowest BCUT2D eigenvalue weighted by atomic mass is 9.97. The minimum absolute atomic E-state index is 0.00915. The average Bonchev–Trinajstić information content (AvgIpc) is 3.17. The number of benzene rings is 1. The lowest BCUT2D eigenvalue weighted by Crippen LogP contribution is -1.98. The van der Waals surface area contributed by atoms with Gasteiger partial charge >= 0.3 is 0 Å². The number of hydrogen-bond donors (Lipinski definition) is 1. The fourth-order valence-corrected chi connectivity index (χ4v) is 3.49. The van der Waals surface area contributed by atoms with Crippen molar-refractivity contribution in [3.63, 3.8) is 0 Å². The van der Waals surface area contributed by atoms with E-state index in [4.69, 9.17) is 9.72 Å². The Kier molecular flexibility index (Phi) is 4.20. The Morgan fingerprint density at radius 2 is 1.76 bits per heavy atom. The number of hydrogen-bond acceptors (Lipinski definition) is 4. The Morgan fingerprint density at radius 3 is 2.44 bits per heavy atom. The highest BCUT2D eigenvalue weighted by Gasteiger charge is 2.21. The van der Waals surface area contributed by atoms with Gasteiger partial charge in [-0.15, -0.1) is 0 Å². The lowest BCUT2D eigenvalue weighted by molar-refractivity contribution is 0.281. The van der Waals surface area contributed by atoms with Gasteiger partial charge in [0, 0.05) is 18.0 Å². The second-order valence-corrected chi connectivity index (χ2v) is 6.27. The molecule has 0 amide bonds.